The van der Waals surface area contributed by atoms with E-state index in [1.165, 1.54) is 0 Å². The number of hydrogen-bond acceptors (Lipinski definition) is 3. The summed E-state index contributed by atoms with van der Waals surface area (Å²) in [4.78, 5) is 15.0. The fraction of sp³-hybridized carbons (Fsp3) is 0.588. The molecule has 1 aromatic rings. The van der Waals surface area contributed by atoms with E-state index in [4.69, 9.17) is 4.74 Å². The molecule has 0 saturated carbocycles. The molecule has 114 valence electrons. The molecule has 2 aliphatic rings. The Labute approximate surface area is 126 Å². The monoisotopic (exact) mass is 288 g/mol. The lowest BCUT2D eigenvalue weighted by Gasteiger charge is -2.27. The molecule has 0 radical (unpaired) electrons. The first-order valence-corrected chi connectivity index (χ1v) is 7.99. The van der Waals surface area contributed by atoms with E-state index in [0.29, 0.717) is 35.8 Å². The third-order valence-corrected chi connectivity index (χ3v) is 4.81. The highest BCUT2D eigenvalue weighted by Crippen LogP contribution is 2.36. The number of nitrogens with one attached hydrogen (secondary N) is 1. The summed E-state index contributed by atoms with van der Waals surface area (Å²) in [5.41, 5.74) is 0.700. The third-order valence-electron chi connectivity index (χ3n) is 4.81. The molecule has 3 rings (SSSR count). The molecule has 3 atom stereocenters. The number of benzene rings is 1. The molecule has 2 saturated heterocycles. The van der Waals surface area contributed by atoms with Crippen molar-refractivity contribution in [1.82, 2.24) is 10.2 Å². The van der Waals surface area contributed by atoms with E-state index < -0.39 is 0 Å². The highest BCUT2D eigenvalue weighted by Gasteiger charge is 2.45. The second kappa shape index (κ2) is 6.06. The summed E-state index contributed by atoms with van der Waals surface area (Å²) in [5.74, 6) is 2.05. The number of carbonyl (C=O) groups is 1. The summed E-state index contributed by atoms with van der Waals surface area (Å²) in [6.45, 7) is 7.66. The van der Waals surface area contributed by atoms with E-state index in [2.05, 4.69) is 17.1 Å². The van der Waals surface area contributed by atoms with Gasteiger partial charge in [0.1, 0.15) is 5.75 Å². The number of nitrogens with zero attached hydrogens (tertiary/aromatic N) is 1. The summed E-state index contributed by atoms with van der Waals surface area (Å²) in [6.07, 6.45) is 1.02. The Hall–Kier alpha value is -1.55. The van der Waals surface area contributed by atoms with Gasteiger partial charge in [0.15, 0.2) is 0 Å². The molecule has 0 aromatic heterocycles. The number of hydrogen-bond donors (Lipinski definition) is 1. The van der Waals surface area contributed by atoms with Crippen LogP contribution in [0.4, 0.5) is 0 Å². The van der Waals surface area contributed by atoms with Crippen molar-refractivity contribution in [3.8, 4) is 5.75 Å². The van der Waals surface area contributed by atoms with Gasteiger partial charge in [-0.15, -0.1) is 0 Å². The molecule has 3 unspecified atom stereocenters. The van der Waals surface area contributed by atoms with E-state index in [1.807, 2.05) is 31.2 Å². The van der Waals surface area contributed by atoms with Gasteiger partial charge < -0.3 is 15.0 Å². The Morgan fingerprint density at radius 1 is 1.33 bits per heavy atom. The molecule has 1 aromatic carbocycles. The van der Waals surface area contributed by atoms with Crippen LogP contribution in [0.25, 0.3) is 0 Å². The molecule has 0 bridgehead atoms. The topological polar surface area (TPSA) is 41.6 Å². The molecule has 0 spiro atoms. The molecule has 2 aliphatic heterocycles. The van der Waals surface area contributed by atoms with E-state index in [1.54, 1.807) is 0 Å². The predicted molar refractivity (Wildman–Crippen MR) is 82.6 cm³/mol. The van der Waals surface area contributed by atoms with Crippen LogP contribution in [0, 0.1) is 11.8 Å². The number of amides is 1. The number of carbonyl (C=O) groups excluding carboxylic acids is 1. The van der Waals surface area contributed by atoms with Crippen molar-refractivity contribution in [2.75, 3.05) is 26.2 Å². The zero-order valence-electron chi connectivity index (χ0n) is 12.8. The molecule has 0 aliphatic carbocycles. The van der Waals surface area contributed by atoms with Gasteiger partial charge in [-0.2, -0.15) is 0 Å². The summed E-state index contributed by atoms with van der Waals surface area (Å²) >= 11 is 0. The van der Waals surface area contributed by atoms with Crippen LogP contribution in [0.3, 0.4) is 0 Å². The van der Waals surface area contributed by atoms with Gasteiger partial charge in [-0.05, 0) is 37.3 Å². The zero-order chi connectivity index (χ0) is 14.8. The number of ether oxygens (including phenoxy) is 1. The number of fused-ring (bicyclic) bond motifs is 1. The average Bonchev–Trinajstić information content (AvgIpc) is 3.07. The van der Waals surface area contributed by atoms with Gasteiger partial charge in [-0.3, -0.25) is 4.79 Å². The minimum absolute atomic E-state index is 0.125. The molecule has 1 N–H and O–H groups in total. The fourth-order valence-electron chi connectivity index (χ4n) is 3.86. The van der Waals surface area contributed by atoms with Gasteiger partial charge in [-0.25, -0.2) is 0 Å². The zero-order valence-corrected chi connectivity index (χ0v) is 12.8. The lowest BCUT2D eigenvalue weighted by molar-refractivity contribution is 0.0707. The second-order valence-electron chi connectivity index (χ2n) is 5.94. The molecule has 4 heteroatoms. The third kappa shape index (κ3) is 2.53. The smallest absolute Gasteiger partial charge is 0.257 e. The lowest BCUT2D eigenvalue weighted by Crippen LogP contribution is -2.39. The van der Waals surface area contributed by atoms with Gasteiger partial charge in [0, 0.05) is 25.7 Å². The van der Waals surface area contributed by atoms with Crippen molar-refractivity contribution in [3.63, 3.8) is 0 Å². The maximum Gasteiger partial charge on any atom is 0.257 e. The fourth-order valence-corrected chi connectivity index (χ4v) is 3.86. The Balaban J connectivity index is 1.85. The van der Waals surface area contributed by atoms with Gasteiger partial charge in [0.2, 0.25) is 0 Å². The Bertz CT molecular complexity index is 517. The van der Waals surface area contributed by atoms with E-state index in [0.717, 1.165) is 26.1 Å². The molecule has 21 heavy (non-hydrogen) atoms. The standard InChI is InChI=1S/C17H24N2O2/c1-3-15-14-10-18-9-12(14)11-19(15)17(20)13-7-5-6-8-16(13)21-4-2/h5-8,12,14-15,18H,3-4,9-11H2,1-2H3. The van der Waals surface area contributed by atoms with Crippen LogP contribution in [0.15, 0.2) is 24.3 Å². The van der Waals surface area contributed by atoms with Crippen molar-refractivity contribution in [2.45, 2.75) is 26.3 Å². The normalized spacial score (nSPS) is 27.7. The molecule has 2 heterocycles. The Morgan fingerprint density at radius 2 is 2.14 bits per heavy atom. The Morgan fingerprint density at radius 3 is 2.90 bits per heavy atom. The number of likely N-dealkylation sites (tertiary alicyclic amines) is 1. The summed E-state index contributed by atoms with van der Waals surface area (Å²) in [7, 11) is 0. The van der Waals surface area contributed by atoms with Crippen LogP contribution in [-0.4, -0.2) is 43.1 Å². The molecule has 1 amide bonds. The van der Waals surface area contributed by atoms with Gasteiger partial charge in [-0.1, -0.05) is 19.1 Å². The predicted octanol–water partition coefficient (Wildman–Crippen LogP) is 2.16. The summed E-state index contributed by atoms with van der Waals surface area (Å²) < 4.78 is 5.62. The van der Waals surface area contributed by atoms with Crippen LogP contribution < -0.4 is 10.1 Å². The van der Waals surface area contributed by atoms with Crippen molar-refractivity contribution in [2.24, 2.45) is 11.8 Å². The first-order valence-electron chi connectivity index (χ1n) is 7.99. The minimum atomic E-state index is 0.125. The van der Waals surface area contributed by atoms with Crippen molar-refractivity contribution >= 4 is 5.91 Å². The summed E-state index contributed by atoms with van der Waals surface area (Å²) in [6, 6.07) is 7.95. The number of rotatable bonds is 4. The van der Waals surface area contributed by atoms with Crippen LogP contribution in [0.5, 0.6) is 5.75 Å². The van der Waals surface area contributed by atoms with Crippen molar-refractivity contribution in [3.05, 3.63) is 29.8 Å². The molecule has 2 fully saturated rings. The van der Waals surface area contributed by atoms with Gasteiger partial charge in [0.25, 0.3) is 5.91 Å². The Kier molecular flexibility index (Phi) is 4.15. The summed E-state index contributed by atoms with van der Waals surface area (Å²) in [5, 5.41) is 3.46. The van der Waals surface area contributed by atoms with Crippen LogP contribution in [0.2, 0.25) is 0 Å². The lowest BCUT2D eigenvalue weighted by atomic mass is 9.93. The van der Waals surface area contributed by atoms with E-state index >= 15 is 0 Å². The maximum atomic E-state index is 13.0. The molecular formula is C17H24N2O2. The highest BCUT2D eigenvalue weighted by molar-refractivity contribution is 5.97. The SMILES string of the molecule is CCOc1ccccc1C(=O)N1CC2CNCC2C1CC. The first-order chi connectivity index (χ1) is 10.3. The molecule has 4 nitrogen and oxygen atoms in total. The first kappa shape index (κ1) is 14.4. The van der Waals surface area contributed by atoms with E-state index in [9.17, 15) is 4.79 Å². The highest BCUT2D eigenvalue weighted by atomic mass is 16.5. The minimum Gasteiger partial charge on any atom is -0.493 e. The second-order valence-corrected chi connectivity index (χ2v) is 5.94. The van der Waals surface area contributed by atoms with Gasteiger partial charge in [0.05, 0.1) is 12.2 Å². The van der Waals surface area contributed by atoms with Crippen LogP contribution in [0.1, 0.15) is 30.6 Å². The van der Waals surface area contributed by atoms with Crippen LogP contribution in [-0.2, 0) is 0 Å². The van der Waals surface area contributed by atoms with Crippen molar-refractivity contribution in [1.29, 1.82) is 0 Å². The largest absolute Gasteiger partial charge is 0.493 e. The quantitative estimate of drug-likeness (QED) is 0.923. The number of para-hydroxylation sites is 1. The average molecular weight is 288 g/mol. The maximum absolute atomic E-state index is 13.0. The van der Waals surface area contributed by atoms with Crippen molar-refractivity contribution < 1.29 is 9.53 Å². The van der Waals surface area contributed by atoms with E-state index in [-0.39, 0.29) is 5.91 Å². The van der Waals surface area contributed by atoms with Gasteiger partial charge >= 0.3 is 0 Å². The van der Waals surface area contributed by atoms with Crippen LogP contribution >= 0.6 is 0 Å². The molecular weight excluding hydrogens is 264 g/mol.